The fraction of sp³-hybridized carbons (Fsp3) is 0.421. The first-order valence-electron chi connectivity index (χ1n) is 9.17. The van der Waals surface area contributed by atoms with Crippen molar-refractivity contribution in [3.8, 4) is 5.95 Å². The maximum atomic E-state index is 12.8. The number of nitrogens with one attached hydrogen (secondary N) is 2. The minimum atomic E-state index is -0.994. The smallest absolute Gasteiger partial charge is 0.307 e. The van der Waals surface area contributed by atoms with Crippen LogP contribution in [0.1, 0.15) is 36.7 Å². The van der Waals surface area contributed by atoms with E-state index < -0.39 is 23.7 Å². The molecule has 0 fully saturated rings. The zero-order valence-corrected chi connectivity index (χ0v) is 16.0. The van der Waals surface area contributed by atoms with E-state index in [0.717, 1.165) is 0 Å². The summed E-state index contributed by atoms with van der Waals surface area (Å²) in [6, 6.07) is 1.65. The van der Waals surface area contributed by atoms with Crippen molar-refractivity contribution >= 4 is 17.7 Å². The van der Waals surface area contributed by atoms with E-state index in [9.17, 15) is 19.5 Å². The second-order valence-corrected chi connectivity index (χ2v) is 6.87. The minimum Gasteiger partial charge on any atom is -0.481 e. The van der Waals surface area contributed by atoms with Gasteiger partial charge in [-0.1, -0.05) is 19.1 Å². The molecule has 0 spiro atoms. The molecule has 0 saturated carbocycles. The van der Waals surface area contributed by atoms with E-state index in [1.807, 2.05) is 13.0 Å². The number of aryl methyl sites for hydroxylation is 2. The summed E-state index contributed by atoms with van der Waals surface area (Å²) in [6.07, 6.45) is 4.83. The molecule has 148 valence electrons. The Labute approximate surface area is 161 Å². The van der Waals surface area contributed by atoms with Gasteiger partial charge in [-0.2, -0.15) is 9.78 Å². The lowest BCUT2D eigenvalue weighted by Crippen LogP contribution is -2.35. The number of hydrogen-bond donors (Lipinski definition) is 3. The minimum absolute atomic E-state index is 0.196. The van der Waals surface area contributed by atoms with Gasteiger partial charge in [-0.3, -0.25) is 19.4 Å². The van der Waals surface area contributed by atoms with E-state index in [-0.39, 0.29) is 11.5 Å². The van der Waals surface area contributed by atoms with Gasteiger partial charge in [-0.05, 0) is 33.1 Å². The number of aromatic nitrogens is 4. The van der Waals surface area contributed by atoms with Crippen LogP contribution in [0, 0.1) is 25.7 Å². The largest absolute Gasteiger partial charge is 0.481 e. The number of carboxylic acid groups (broad SMARTS) is 1. The van der Waals surface area contributed by atoms with Crippen LogP contribution in [0.15, 0.2) is 23.0 Å². The van der Waals surface area contributed by atoms with Crippen LogP contribution in [0.2, 0.25) is 0 Å². The molecule has 28 heavy (non-hydrogen) atoms. The van der Waals surface area contributed by atoms with Crippen molar-refractivity contribution in [3.63, 3.8) is 0 Å². The van der Waals surface area contributed by atoms with Gasteiger partial charge in [0.25, 0.3) is 5.56 Å². The van der Waals surface area contributed by atoms with Crippen molar-refractivity contribution in [2.24, 2.45) is 11.8 Å². The monoisotopic (exact) mass is 385 g/mol. The average molecular weight is 385 g/mol. The number of aliphatic carboxylic acids is 1. The highest BCUT2D eigenvalue weighted by atomic mass is 16.4. The molecule has 0 saturated heterocycles. The Morgan fingerprint density at radius 2 is 1.96 bits per heavy atom. The fourth-order valence-corrected chi connectivity index (χ4v) is 3.46. The molecule has 1 amide bonds. The van der Waals surface area contributed by atoms with Gasteiger partial charge in [0.05, 0.1) is 17.5 Å². The second-order valence-electron chi connectivity index (χ2n) is 6.87. The molecule has 0 aromatic carbocycles. The molecule has 9 heteroatoms. The molecule has 0 aliphatic heterocycles. The first-order valence-corrected chi connectivity index (χ1v) is 9.17. The molecule has 2 heterocycles. The van der Waals surface area contributed by atoms with E-state index in [2.05, 4.69) is 20.4 Å². The van der Waals surface area contributed by atoms with Crippen LogP contribution in [-0.2, 0) is 16.0 Å². The second kappa shape index (κ2) is 7.79. The Morgan fingerprint density at radius 1 is 1.29 bits per heavy atom. The molecule has 0 bridgehead atoms. The van der Waals surface area contributed by atoms with Crippen LogP contribution in [0.4, 0.5) is 5.82 Å². The lowest BCUT2D eigenvalue weighted by Gasteiger charge is -2.24. The molecule has 2 aromatic heterocycles. The number of carboxylic acids is 1. The van der Waals surface area contributed by atoms with Crippen molar-refractivity contribution in [1.82, 2.24) is 19.7 Å². The summed E-state index contributed by atoms with van der Waals surface area (Å²) in [5.41, 5.74) is 1.55. The fourth-order valence-electron chi connectivity index (χ4n) is 3.46. The van der Waals surface area contributed by atoms with Gasteiger partial charge in [0.2, 0.25) is 11.9 Å². The number of hydrogen-bond acceptors (Lipinski definition) is 5. The Morgan fingerprint density at radius 3 is 2.57 bits per heavy atom. The summed E-state index contributed by atoms with van der Waals surface area (Å²) in [5, 5.41) is 16.5. The van der Waals surface area contributed by atoms with Crippen molar-refractivity contribution in [2.75, 3.05) is 5.32 Å². The number of allylic oxidation sites excluding steroid dienone is 2. The average Bonchev–Trinajstić information content (AvgIpc) is 3.01. The van der Waals surface area contributed by atoms with Crippen molar-refractivity contribution in [3.05, 3.63) is 45.5 Å². The number of carbonyl (C=O) groups excluding carboxylic acids is 1. The number of nitrogens with zero attached hydrogens (tertiary/aromatic N) is 3. The highest BCUT2D eigenvalue weighted by Gasteiger charge is 2.34. The van der Waals surface area contributed by atoms with E-state index in [0.29, 0.717) is 42.0 Å². The molecule has 1 aliphatic carbocycles. The first-order chi connectivity index (χ1) is 13.3. The molecule has 0 unspecified atom stereocenters. The lowest BCUT2D eigenvalue weighted by atomic mass is 9.82. The van der Waals surface area contributed by atoms with Crippen molar-refractivity contribution in [2.45, 2.75) is 40.0 Å². The summed E-state index contributed by atoms with van der Waals surface area (Å²) in [5.74, 6) is -2.32. The Hall–Kier alpha value is -3.23. The summed E-state index contributed by atoms with van der Waals surface area (Å²) in [6.45, 7) is 5.37. The van der Waals surface area contributed by atoms with Gasteiger partial charge in [0.15, 0.2) is 0 Å². The molecule has 9 nitrogen and oxygen atoms in total. The van der Waals surface area contributed by atoms with Gasteiger partial charge in [-0.15, -0.1) is 0 Å². The summed E-state index contributed by atoms with van der Waals surface area (Å²) < 4.78 is 1.36. The Kier molecular flexibility index (Phi) is 5.43. The molecule has 1 aliphatic rings. The van der Waals surface area contributed by atoms with Gasteiger partial charge >= 0.3 is 5.97 Å². The number of carbonyl (C=O) groups is 2. The van der Waals surface area contributed by atoms with Crippen molar-refractivity contribution in [1.29, 1.82) is 0 Å². The Bertz CT molecular complexity index is 1000. The van der Waals surface area contributed by atoms with E-state index in [1.54, 1.807) is 26.0 Å². The topological polar surface area (TPSA) is 130 Å². The maximum absolute atomic E-state index is 12.8. The third kappa shape index (κ3) is 3.73. The highest BCUT2D eigenvalue weighted by Crippen LogP contribution is 2.27. The molecule has 0 radical (unpaired) electrons. The third-order valence-electron chi connectivity index (χ3n) is 4.93. The maximum Gasteiger partial charge on any atom is 0.307 e. The summed E-state index contributed by atoms with van der Waals surface area (Å²) in [4.78, 5) is 43.6. The van der Waals surface area contributed by atoms with E-state index >= 15 is 0 Å². The van der Waals surface area contributed by atoms with Crippen molar-refractivity contribution < 1.29 is 14.7 Å². The lowest BCUT2D eigenvalue weighted by molar-refractivity contribution is -0.146. The van der Waals surface area contributed by atoms with Crippen LogP contribution in [0.3, 0.4) is 0 Å². The number of anilines is 1. The van der Waals surface area contributed by atoms with E-state index in [1.165, 1.54) is 4.68 Å². The van der Waals surface area contributed by atoms with Gasteiger partial charge < -0.3 is 10.4 Å². The Balaban J connectivity index is 1.93. The number of rotatable bonds is 5. The van der Waals surface area contributed by atoms with Gasteiger partial charge in [0, 0.05) is 17.3 Å². The zero-order valence-electron chi connectivity index (χ0n) is 16.0. The van der Waals surface area contributed by atoms with E-state index in [4.69, 9.17) is 0 Å². The molecule has 2 aromatic rings. The summed E-state index contributed by atoms with van der Waals surface area (Å²) >= 11 is 0. The zero-order chi connectivity index (χ0) is 20.4. The molecular weight excluding hydrogens is 362 g/mol. The predicted molar refractivity (Wildman–Crippen MR) is 102 cm³/mol. The molecule has 2 atom stereocenters. The molecular formula is C19H23N5O4. The number of aromatic amines is 1. The predicted octanol–water partition coefficient (Wildman–Crippen LogP) is 1.74. The van der Waals surface area contributed by atoms with Gasteiger partial charge in [0.1, 0.15) is 5.82 Å². The van der Waals surface area contributed by atoms with Crippen LogP contribution in [-0.4, -0.2) is 36.7 Å². The highest BCUT2D eigenvalue weighted by molar-refractivity contribution is 5.95. The molecule has 3 rings (SSSR count). The first kappa shape index (κ1) is 19.5. The van der Waals surface area contributed by atoms with Crippen LogP contribution in [0.25, 0.3) is 5.95 Å². The van der Waals surface area contributed by atoms with Gasteiger partial charge in [-0.25, -0.2) is 4.98 Å². The third-order valence-corrected chi connectivity index (χ3v) is 4.93. The molecule has 3 N–H and O–H groups in total. The normalized spacial score (nSPS) is 18.8. The number of amides is 1. The quantitative estimate of drug-likeness (QED) is 0.672. The SMILES string of the molecule is CCc1c(C)nc(-n2nc(C)cc2NC(=O)[C@@H]2CC=CC[C@H]2C(=O)O)[nH]c1=O. The van der Waals surface area contributed by atoms with Crippen LogP contribution < -0.4 is 10.9 Å². The summed E-state index contributed by atoms with van der Waals surface area (Å²) in [7, 11) is 0. The standard InChI is InChI=1S/C19H23N5O4/c1-4-12-11(3)20-19(22-16(12)25)24-15(9-10(2)23-24)21-17(26)13-7-5-6-8-14(13)18(27)28/h5-6,9,13-14H,4,7-8H2,1-3H3,(H,21,26)(H,27,28)(H,20,22,25)/t13-,14-/m1/s1. The van der Waals surface area contributed by atoms with Crippen LogP contribution in [0.5, 0.6) is 0 Å². The van der Waals surface area contributed by atoms with Crippen LogP contribution >= 0.6 is 0 Å². The number of H-pyrrole nitrogens is 1.